The number of hydrogen-bond acceptors (Lipinski definition) is 5. The molecule has 1 fully saturated rings. The van der Waals surface area contributed by atoms with Gasteiger partial charge in [-0.2, -0.15) is 0 Å². The lowest BCUT2D eigenvalue weighted by Gasteiger charge is -2.32. The van der Waals surface area contributed by atoms with Crippen LogP contribution in [0, 0.1) is 0 Å². The molecule has 1 unspecified atom stereocenters. The van der Waals surface area contributed by atoms with Gasteiger partial charge in [-0.3, -0.25) is 9.88 Å². The predicted octanol–water partition coefficient (Wildman–Crippen LogP) is 0.0806. The van der Waals surface area contributed by atoms with Crippen molar-refractivity contribution < 1.29 is 13.2 Å². The summed E-state index contributed by atoms with van der Waals surface area (Å²) in [5.74, 6) is 0. The van der Waals surface area contributed by atoms with Crippen LogP contribution >= 0.6 is 0 Å². The second-order valence-electron chi connectivity index (χ2n) is 4.54. The molecule has 1 aliphatic rings. The molecule has 0 bridgehead atoms. The summed E-state index contributed by atoms with van der Waals surface area (Å²) in [5, 5.41) is 0. The van der Waals surface area contributed by atoms with E-state index < -0.39 is 10.0 Å². The number of sulfonamides is 1. The van der Waals surface area contributed by atoms with Crippen molar-refractivity contribution in [2.75, 3.05) is 32.8 Å². The number of morpholine rings is 1. The molecule has 0 amide bonds. The van der Waals surface area contributed by atoms with Gasteiger partial charge in [-0.1, -0.05) is 0 Å². The number of pyridine rings is 1. The van der Waals surface area contributed by atoms with E-state index in [1.165, 1.54) is 12.3 Å². The van der Waals surface area contributed by atoms with Gasteiger partial charge in [0.1, 0.15) is 4.90 Å². The lowest BCUT2D eigenvalue weighted by molar-refractivity contribution is 0.0213. The van der Waals surface area contributed by atoms with Crippen molar-refractivity contribution in [3.8, 4) is 0 Å². The third-order valence-corrected chi connectivity index (χ3v) is 4.59. The van der Waals surface area contributed by atoms with Crippen molar-refractivity contribution in [2.24, 2.45) is 0 Å². The summed E-state index contributed by atoms with van der Waals surface area (Å²) in [5.41, 5.74) is 0. The van der Waals surface area contributed by atoms with Gasteiger partial charge in [0, 0.05) is 38.1 Å². The molecule has 106 valence electrons. The Labute approximate surface area is 113 Å². The molecule has 0 aliphatic carbocycles. The smallest absolute Gasteiger partial charge is 0.242 e. The average Bonchev–Trinajstić information content (AvgIpc) is 2.47. The molecule has 0 aromatic carbocycles. The van der Waals surface area contributed by atoms with Crippen molar-refractivity contribution in [2.45, 2.75) is 17.9 Å². The monoisotopic (exact) mass is 285 g/mol. The van der Waals surface area contributed by atoms with E-state index in [0.717, 1.165) is 13.1 Å². The van der Waals surface area contributed by atoms with Gasteiger partial charge in [-0.25, -0.2) is 13.1 Å². The van der Waals surface area contributed by atoms with Crippen LogP contribution < -0.4 is 4.72 Å². The Morgan fingerprint density at radius 3 is 2.84 bits per heavy atom. The predicted molar refractivity (Wildman–Crippen MR) is 71.3 cm³/mol. The van der Waals surface area contributed by atoms with E-state index >= 15 is 0 Å². The fourth-order valence-electron chi connectivity index (χ4n) is 1.97. The number of hydrogen-bond donors (Lipinski definition) is 1. The molecular formula is C12H19N3O3S. The van der Waals surface area contributed by atoms with E-state index in [9.17, 15) is 8.42 Å². The highest BCUT2D eigenvalue weighted by molar-refractivity contribution is 7.89. The maximum Gasteiger partial charge on any atom is 0.242 e. The molecule has 2 heterocycles. The van der Waals surface area contributed by atoms with Crippen LogP contribution in [0.1, 0.15) is 6.92 Å². The van der Waals surface area contributed by atoms with Gasteiger partial charge in [0.25, 0.3) is 0 Å². The van der Waals surface area contributed by atoms with Gasteiger partial charge in [0.05, 0.1) is 13.2 Å². The molecule has 1 aromatic rings. The summed E-state index contributed by atoms with van der Waals surface area (Å²) in [6, 6.07) is 3.30. The molecular weight excluding hydrogens is 266 g/mol. The first-order valence-corrected chi connectivity index (χ1v) is 7.79. The number of nitrogens with one attached hydrogen (secondary N) is 1. The Hall–Kier alpha value is -1.02. The van der Waals surface area contributed by atoms with E-state index in [4.69, 9.17) is 4.74 Å². The van der Waals surface area contributed by atoms with Crippen LogP contribution in [0.4, 0.5) is 0 Å². The van der Waals surface area contributed by atoms with Crippen LogP contribution in [0.2, 0.25) is 0 Å². The highest BCUT2D eigenvalue weighted by Gasteiger charge is 2.20. The van der Waals surface area contributed by atoms with Crippen molar-refractivity contribution in [1.82, 2.24) is 14.6 Å². The van der Waals surface area contributed by atoms with Gasteiger partial charge in [0.2, 0.25) is 10.0 Å². The summed E-state index contributed by atoms with van der Waals surface area (Å²) in [4.78, 5) is 6.24. The number of aromatic nitrogens is 1. The van der Waals surface area contributed by atoms with Crippen LogP contribution in [0.5, 0.6) is 0 Å². The molecule has 19 heavy (non-hydrogen) atoms. The summed E-state index contributed by atoms with van der Waals surface area (Å²) >= 11 is 0. The quantitative estimate of drug-likeness (QED) is 0.829. The lowest BCUT2D eigenvalue weighted by atomic mass is 10.2. The summed E-state index contributed by atoms with van der Waals surface area (Å²) in [6.07, 6.45) is 2.90. The first kappa shape index (κ1) is 14.4. The maximum atomic E-state index is 12.0. The van der Waals surface area contributed by atoms with Gasteiger partial charge in [0.15, 0.2) is 0 Å². The van der Waals surface area contributed by atoms with Crippen molar-refractivity contribution >= 4 is 10.0 Å². The first-order chi connectivity index (χ1) is 9.09. The van der Waals surface area contributed by atoms with Gasteiger partial charge >= 0.3 is 0 Å². The van der Waals surface area contributed by atoms with E-state index in [0.29, 0.717) is 19.8 Å². The minimum absolute atomic E-state index is 0.148. The topological polar surface area (TPSA) is 71.5 Å². The maximum absolute atomic E-state index is 12.0. The average molecular weight is 285 g/mol. The van der Waals surface area contributed by atoms with E-state index in [2.05, 4.69) is 14.6 Å². The standard InChI is InChI=1S/C12H19N3O3S/c1-11(15-5-7-18-8-6-15)9-14-19(16,17)12-3-2-4-13-10-12/h2-4,10-11,14H,5-9H2,1H3. The van der Waals surface area contributed by atoms with Crippen molar-refractivity contribution in [1.29, 1.82) is 0 Å². The first-order valence-electron chi connectivity index (χ1n) is 6.31. The lowest BCUT2D eigenvalue weighted by Crippen LogP contribution is -2.47. The normalized spacial score (nSPS) is 19.2. The largest absolute Gasteiger partial charge is 0.379 e. The summed E-state index contributed by atoms with van der Waals surface area (Å²) in [6.45, 7) is 5.50. The number of ether oxygens (including phenoxy) is 1. The molecule has 0 radical (unpaired) electrons. The Kier molecular flexibility index (Phi) is 4.87. The zero-order chi connectivity index (χ0) is 13.7. The van der Waals surface area contributed by atoms with Gasteiger partial charge in [-0.05, 0) is 19.1 Å². The molecule has 7 heteroatoms. The minimum Gasteiger partial charge on any atom is -0.379 e. The van der Waals surface area contributed by atoms with E-state index in [1.807, 2.05) is 6.92 Å². The van der Waals surface area contributed by atoms with Crippen molar-refractivity contribution in [3.63, 3.8) is 0 Å². The van der Waals surface area contributed by atoms with Crippen LogP contribution in [0.25, 0.3) is 0 Å². The second kappa shape index (κ2) is 6.42. The second-order valence-corrected chi connectivity index (χ2v) is 6.30. The fourth-order valence-corrected chi connectivity index (χ4v) is 3.05. The van der Waals surface area contributed by atoms with Gasteiger partial charge in [-0.15, -0.1) is 0 Å². The van der Waals surface area contributed by atoms with Gasteiger partial charge < -0.3 is 4.74 Å². The van der Waals surface area contributed by atoms with Crippen LogP contribution in [0.3, 0.4) is 0 Å². The summed E-state index contributed by atoms with van der Waals surface area (Å²) < 4.78 is 31.9. The SMILES string of the molecule is CC(CNS(=O)(=O)c1cccnc1)N1CCOCC1. The Bertz CT molecular complexity index is 486. The molecule has 1 N–H and O–H groups in total. The number of nitrogens with zero attached hydrogens (tertiary/aromatic N) is 2. The minimum atomic E-state index is -3.46. The highest BCUT2D eigenvalue weighted by Crippen LogP contribution is 2.07. The Balaban J connectivity index is 1.91. The zero-order valence-corrected chi connectivity index (χ0v) is 11.8. The highest BCUT2D eigenvalue weighted by atomic mass is 32.2. The number of rotatable bonds is 5. The third-order valence-electron chi connectivity index (χ3n) is 3.18. The Morgan fingerprint density at radius 2 is 2.21 bits per heavy atom. The zero-order valence-electron chi connectivity index (χ0n) is 10.9. The van der Waals surface area contributed by atoms with Crippen LogP contribution in [0.15, 0.2) is 29.4 Å². The molecule has 1 saturated heterocycles. The van der Waals surface area contributed by atoms with Crippen molar-refractivity contribution in [3.05, 3.63) is 24.5 Å². The molecule has 0 saturated carbocycles. The molecule has 1 aromatic heterocycles. The third kappa shape index (κ3) is 3.97. The fraction of sp³-hybridized carbons (Fsp3) is 0.583. The molecule has 2 rings (SSSR count). The summed E-state index contributed by atoms with van der Waals surface area (Å²) in [7, 11) is -3.46. The van der Waals surface area contributed by atoms with E-state index in [1.54, 1.807) is 12.3 Å². The molecule has 6 nitrogen and oxygen atoms in total. The van der Waals surface area contributed by atoms with E-state index in [-0.39, 0.29) is 10.9 Å². The molecule has 0 spiro atoms. The molecule has 1 aliphatic heterocycles. The molecule has 1 atom stereocenters. The Morgan fingerprint density at radius 1 is 1.47 bits per heavy atom. The van der Waals surface area contributed by atoms with Crippen LogP contribution in [-0.4, -0.2) is 57.2 Å². The van der Waals surface area contributed by atoms with Crippen LogP contribution in [-0.2, 0) is 14.8 Å².